The first-order chi connectivity index (χ1) is 12.2. The molecule has 8 heteroatoms. The lowest BCUT2D eigenvalue weighted by atomic mass is 10.1. The quantitative estimate of drug-likeness (QED) is 0.710. The molecule has 0 saturated carbocycles. The molecule has 0 bridgehead atoms. The number of alkyl halides is 3. The molecule has 0 spiro atoms. The molecule has 0 saturated heterocycles. The fourth-order valence-corrected chi connectivity index (χ4v) is 2.51. The van der Waals surface area contributed by atoms with Crippen molar-refractivity contribution in [1.82, 2.24) is 14.5 Å². The summed E-state index contributed by atoms with van der Waals surface area (Å²) in [6.45, 7) is 0.187. The van der Waals surface area contributed by atoms with Crippen LogP contribution in [-0.4, -0.2) is 40.8 Å². The van der Waals surface area contributed by atoms with Gasteiger partial charge in [0.25, 0.3) is 0 Å². The Balaban J connectivity index is 1.84. The number of rotatable bonds is 4. The molecule has 1 aromatic heterocycles. The van der Waals surface area contributed by atoms with Gasteiger partial charge < -0.3 is 14.2 Å². The van der Waals surface area contributed by atoms with Gasteiger partial charge in [-0.25, -0.2) is 4.98 Å². The molecule has 2 aromatic carbocycles. The summed E-state index contributed by atoms with van der Waals surface area (Å²) in [6.07, 6.45) is -3.12. The Morgan fingerprint density at radius 1 is 1.12 bits per heavy atom. The van der Waals surface area contributed by atoms with E-state index in [1.807, 2.05) is 18.2 Å². The van der Waals surface area contributed by atoms with Crippen molar-refractivity contribution in [2.24, 2.45) is 0 Å². The standard InChI is InChI=1S/C18H16F3N3O2/c1-23(2)17(25)10-24-11-22-15-9-13(5-8-16(15)24)12-3-6-14(7-4-12)26-18(19,20)21/h3-9,11H,10H2,1-2H3. The van der Waals surface area contributed by atoms with Crippen LogP contribution in [0.3, 0.4) is 0 Å². The number of carbonyl (C=O) groups is 1. The van der Waals surface area contributed by atoms with Crippen LogP contribution in [0.5, 0.6) is 5.75 Å². The number of hydrogen-bond donors (Lipinski definition) is 0. The highest BCUT2D eigenvalue weighted by Crippen LogP contribution is 2.28. The Hall–Kier alpha value is -3.03. The number of carbonyl (C=O) groups excluding carboxylic acids is 1. The highest BCUT2D eigenvalue weighted by atomic mass is 19.4. The second kappa shape index (κ2) is 6.70. The van der Waals surface area contributed by atoms with E-state index >= 15 is 0 Å². The maximum Gasteiger partial charge on any atom is 0.573 e. The maximum atomic E-state index is 12.2. The summed E-state index contributed by atoms with van der Waals surface area (Å²) in [5.41, 5.74) is 3.05. The van der Waals surface area contributed by atoms with E-state index in [1.165, 1.54) is 17.0 Å². The largest absolute Gasteiger partial charge is 0.573 e. The van der Waals surface area contributed by atoms with Crippen molar-refractivity contribution in [3.63, 3.8) is 0 Å². The minimum atomic E-state index is -4.71. The molecule has 0 aliphatic carbocycles. The molecule has 0 aliphatic rings. The van der Waals surface area contributed by atoms with Crippen molar-refractivity contribution in [3.8, 4) is 16.9 Å². The Bertz CT molecular complexity index is 931. The van der Waals surface area contributed by atoms with Gasteiger partial charge in [0.15, 0.2) is 0 Å². The number of halogens is 3. The first kappa shape index (κ1) is 17.8. The van der Waals surface area contributed by atoms with Gasteiger partial charge in [0.2, 0.25) is 5.91 Å². The molecule has 3 rings (SSSR count). The fourth-order valence-electron chi connectivity index (χ4n) is 2.51. The molecule has 0 unspecified atom stereocenters. The number of likely N-dealkylation sites (N-methyl/N-ethyl adjacent to an activating group) is 1. The van der Waals surface area contributed by atoms with Crippen molar-refractivity contribution >= 4 is 16.9 Å². The topological polar surface area (TPSA) is 47.4 Å². The van der Waals surface area contributed by atoms with Gasteiger partial charge in [-0.2, -0.15) is 0 Å². The van der Waals surface area contributed by atoms with Crippen LogP contribution in [0.25, 0.3) is 22.2 Å². The average molecular weight is 363 g/mol. The highest BCUT2D eigenvalue weighted by Gasteiger charge is 2.30. The summed E-state index contributed by atoms with van der Waals surface area (Å²) < 4.78 is 42.3. The summed E-state index contributed by atoms with van der Waals surface area (Å²) in [4.78, 5) is 17.7. The van der Waals surface area contributed by atoms with Gasteiger partial charge in [-0.15, -0.1) is 13.2 Å². The Kier molecular flexibility index (Phi) is 4.58. The molecule has 5 nitrogen and oxygen atoms in total. The Labute approximate surface area is 147 Å². The third-order valence-electron chi connectivity index (χ3n) is 3.85. The zero-order valence-electron chi connectivity index (χ0n) is 14.1. The van der Waals surface area contributed by atoms with Crippen molar-refractivity contribution in [2.75, 3.05) is 14.1 Å². The monoisotopic (exact) mass is 363 g/mol. The summed E-state index contributed by atoms with van der Waals surface area (Å²) in [5, 5.41) is 0. The number of fused-ring (bicyclic) bond motifs is 1. The average Bonchev–Trinajstić information content (AvgIpc) is 2.96. The number of nitrogens with zero attached hydrogens (tertiary/aromatic N) is 3. The van der Waals surface area contributed by atoms with Crippen LogP contribution in [0, 0.1) is 0 Å². The second-order valence-corrected chi connectivity index (χ2v) is 5.94. The van der Waals surface area contributed by atoms with E-state index in [1.54, 1.807) is 37.1 Å². The minimum absolute atomic E-state index is 0.0476. The normalized spacial score (nSPS) is 11.6. The van der Waals surface area contributed by atoms with Gasteiger partial charge in [-0.3, -0.25) is 4.79 Å². The van der Waals surface area contributed by atoms with E-state index in [9.17, 15) is 18.0 Å². The summed E-state index contributed by atoms with van der Waals surface area (Å²) >= 11 is 0. The van der Waals surface area contributed by atoms with Crippen LogP contribution in [0.4, 0.5) is 13.2 Å². The number of ether oxygens (including phenoxy) is 1. The number of aromatic nitrogens is 2. The van der Waals surface area contributed by atoms with Crippen LogP contribution in [0.2, 0.25) is 0 Å². The van der Waals surface area contributed by atoms with Gasteiger partial charge in [0.05, 0.1) is 17.4 Å². The molecule has 26 heavy (non-hydrogen) atoms. The Morgan fingerprint density at radius 2 is 1.77 bits per heavy atom. The van der Waals surface area contributed by atoms with Crippen LogP contribution in [0.1, 0.15) is 0 Å². The third-order valence-corrected chi connectivity index (χ3v) is 3.85. The maximum absolute atomic E-state index is 12.2. The third kappa shape index (κ3) is 3.96. The summed E-state index contributed by atoms with van der Waals surface area (Å²) in [5.74, 6) is -0.317. The fraction of sp³-hybridized carbons (Fsp3) is 0.222. The van der Waals surface area contributed by atoms with Crippen molar-refractivity contribution in [1.29, 1.82) is 0 Å². The van der Waals surface area contributed by atoms with E-state index in [0.717, 1.165) is 16.6 Å². The molecular formula is C18H16F3N3O2. The van der Waals surface area contributed by atoms with Gasteiger partial charge in [0.1, 0.15) is 12.3 Å². The zero-order chi connectivity index (χ0) is 18.9. The number of hydrogen-bond acceptors (Lipinski definition) is 3. The molecule has 0 fully saturated rings. The molecule has 136 valence electrons. The van der Waals surface area contributed by atoms with Gasteiger partial charge >= 0.3 is 6.36 Å². The van der Waals surface area contributed by atoms with E-state index in [2.05, 4.69) is 9.72 Å². The molecule has 0 aliphatic heterocycles. The number of benzene rings is 2. The lowest BCUT2D eigenvalue weighted by molar-refractivity contribution is -0.274. The molecule has 1 amide bonds. The summed E-state index contributed by atoms with van der Waals surface area (Å²) in [6, 6.07) is 11.1. The van der Waals surface area contributed by atoms with Gasteiger partial charge in [-0.1, -0.05) is 18.2 Å². The van der Waals surface area contributed by atoms with Crippen LogP contribution in [-0.2, 0) is 11.3 Å². The van der Waals surface area contributed by atoms with Crippen molar-refractivity contribution in [3.05, 3.63) is 48.8 Å². The van der Waals surface area contributed by atoms with E-state index in [-0.39, 0.29) is 18.2 Å². The molecule has 1 heterocycles. The lowest BCUT2D eigenvalue weighted by Crippen LogP contribution is -2.25. The van der Waals surface area contributed by atoms with Crippen molar-refractivity contribution < 1.29 is 22.7 Å². The van der Waals surface area contributed by atoms with Gasteiger partial charge in [-0.05, 0) is 35.4 Å². The highest BCUT2D eigenvalue weighted by molar-refractivity contribution is 5.84. The van der Waals surface area contributed by atoms with Gasteiger partial charge in [0, 0.05) is 14.1 Å². The first-order valence-electron chi connectivity index (χ1n) is 7.74. The molecule has 0 atom stereocenters. The number of amides is 1. The van der Waals surface area contributed by atoms with Crippen LogP contribution < -0.4 is 4.74 Å². The van der Waals surface area contributed by atoms with Crippen molar-refractivity contribution in [2.45, 2.75) is 12.9 Å². The molecular weight excluding hydrogens is 347 g/mol. The molecule has 3 aromatic rings. The minimum Gasteiger partial charge on any atom is -0.406 e. The van der Waals surface area contributed by atoms with Crippen LogP contribution >= 0.6 is 0 Å². The SMILES string of the molecule is CN(C)C(=O)Cn1cnc2cc(-c3ccc(OC(F)(F)F)cc3)ccc21. The second-order valence-electron chi connectivity index (χ2n) is 5.94. The smallest absolute Gasteiger partial charge is 0.406 e. The Morgan fingerprint density at radius 3 is 2.38 bits per heavy atom. The molecule has 0 N–H and O–H groups in total. The van der Waals surface area contributed by atoms with E-state index < -0.39 is 6.36 Å². The predicted molar refractivity (Wildman–Crippen MR) is 90.5 cm³/mol. The molecule has 0 radical (unpaired) electrons. The zero-order valence-corrected chi connectivity index (χ0v) is 14.1. The summed E-state index contributed by atoms with van der Waals surface area (Å²) in [7, 11) is 3.37. The van der Waals surface area contributed by atoms with E-state index in [4.69, 9.17) is 0 Å². The first-order valence-corrected chi connectivity index (χ1v) is 7.74. The predicted octanol–water partition coefficient (Wildman–Crippen LogP) is 3.69. The van der Waals surface area contributed by atoms with E-state index in [0.29, 0.717) is 5.52 Å². The number of imidazole rings is 1. The van der Waals surface area contributed by atoms with Crippen LogP contribution in [0.15, 0.2) is 48.8 Å². The lowest BCUT2D eigenvalue weighted by Gasteiger charge is -2.11.